The Labute approximate surface area is 165 Å². The molecule has 1 rings (SSSR count). The van der Waals surface area contributed by atoms with Crippen LogP contribution in [0.3, 0.4) is 0 Å². The van der Waals surface area contributed by atoms with E-state index in [0.717, 1.165) is 0 Å². The Morgan fingerprint density at radius 1 is 1.25 bits per heavy atom. The van der Waals surface area contributed by atoms with E-state index in [0.29, 0.717) is 37.9 Å². The number of nitrogens with one attached hydrogen (secondary N) is 2. The van der Waals surface area contributed by atoms with Crippen molar-refractivity contribution in [2.24, 2.45) is 10.3 Å². The SMILES string of the molecule is CN1CCC(SN=O)(C(NC(=O)CC[C@H](N)C(=O)O)C(=O)NCC(=O)O)CC1. The zero-order chi connectivity index (χ0) is 21.3. The molecule has 13 heteroatoms. The molecule has 1 saturated heterocycles. The predicted octanol–water partition coefficient (Wildman–Crippen LogP) is -1.26. The number of carboxylic acid groups (broad SMARTS) is 2. The van der Waals surface area contributed by atoms with Crippen LogP contribution in [-0.4, -0.2) is 82.4 Å². The number of nitrogens with zero attached hydrogens (tertiary/aromatic N) is 2. The molecule has 6 N–H and O–H groups in total. The van der Waals surface area contributed by atoms with E-state index in [2.05, 4.69) is 15.2 Å². The fraction of sp³-hybridized carbons (Fsp3) is 0.733. The van der Waals surface area contributed by atoms with Gasteiger partial charge in [-0.1, -0.05) is 0 Å². The van der Waals surface area contributed by atoms with Gasteiger partial charge in [0.25, 0.3) is 0 Å². The Hall–Kier alpha value is -2.25. The summed E-state index contributed by atoms with van der Waals surface area (Å²) in [6.45, 7) is 0.445. The first-order valence-electron chi connectivity index (χ1n) is 8.58. The third kappa shape index (κ3) is 7.05. The lowest BCUT2D eigenvalue weighted by Crippen LogP contribution is -2.61. The van der Waals surface area contributed by atoms with E-state index in [4.69, 9.17) is 15.9 Å². The highest BCUT2D eigenvalue weighted by Gasteiger charge is 2.47. The number of rotatable bonds is 11. The maximum absolute atomic E-state index is 12.6. The molecule has 158 valence electrons. The van der Waals surface area contributed by atoms with E-state index < -0.39 is 47.1 Å². The number of carbonyl (C=O) groups excluding carboxylic acids is 2. The van der Waals surface area contributed by atoms with Gasteiger partial charge in [-0.05, 0) is 39.4 Å². The highest BCUT2D eigenvalue weighted by atomic mass is 32.2. The molecule has 2 atom stereocenters. The first-order valence-corrected chi connectivity index (χ1v) is 9.35. The summed E-state index contributed by atoms with van der Waals surface area (Å²) in [5, 5.41) is 22.3. The molecule has 2 amide bonds. The minimum absolute atomic E-state index is 0.139. The molecule has 0 aromatic heterocycles. The molecule has 0 saturated carbocycles. The fourth-order valence-corrected chi connectivity index (χ4v) is 3.63. The zero-order valence-corrected chi connectivity index (χ0v) is 16.2. The third-order valence-electron chi connectivity index (χ3n) is 4.56. The summed E-state index contributed by atoms with van der Waals surface area (Å²) in [5.74, 6) is -3.89. The smallest absolute Gasteiger partial charge is 0.322 e. The quantitative estimate of drug-likeness (QED) is 0.199. The highest BCUT2D eigenvalue weighted by Crippen LogP contribution is 2.40. The van der Waals surface area contributed by atoms with E-state index in [1.807, 2.05) is 11.9 Å². The van der Waals surface area contributed by atoms with E-state index in [1.165, 1.54) is 0 Å². The second-order valence-corrected chi connectivity index (χ2v) is 7.77. The minimum Gasteiger partial charge on any atom is -0.480 e. The molecule has 0 aliphatic carbocycles. The molecule has 1 aliphatic heterocycles. The monoisotopic (exact) mass is 419 g/mol. The number of nitrogens with two attached hydrogens (primary N) is 1. The lowest BCUT2D eigenvalue weighted by molar-refractivity contribution is -0.139. The number of nitroso groups, excluding NO2 is 1. The molecule has 0 bridgehead atoms. The van der Waals surface area contributed by atoms with Gasteiger partial charge in [-0.3, -0.25) is 19.2 Å². The molecule has 1 unspecified atom stereocenters. The Morgan fingerprint density at radius 2 is 1.86 bits per heavy atom. The van der Waals surface area contributed by atoms with E-state index in [9.17, 15) is 24.1 Å². The van der Waals surface area contributed by atoms with Crippen molar-refractivity contribution in [3.8, 4) is 0 Å². The summed E-state index contributed by atoms with van der Waals surface area (Å²) in [5.41, 5.74) is 5.38. The number of carbonyl (C=O) groups is 4. The van der Waals surface area contributed by atoms with Gasteiger partial charge in [-0.15, -0.1) is 4.91 Å². The largest absolute Gasteiger partial charge is 0.480 e. The summed E-state index contributed by atoms with van der Waals surface area (Å²) < 4.78 is 1.82. The molecule has 0 spiro atoms. The number of aliphatic carboxylic acids is 2. The topological polar surface area (TPSA) is 191 Å². The summed E-state index contributed by atoms with van der Waals surface area (Å²) in [6, 6.07) is -2.44. The first kappa shape index (κ1) is 23.8. The number of likely N-dealkylation sites (tertiary alicyclic amines) is 1. The molecule has 0 aromatic carbocycles. The number of carboxylic acids is 2. The average molecular weight is 419 g/mol. The molecule has 12 nitrogen and oxygen atoms in total. The van der Waals surface area contributed by atoms with Gasteiger partial charge in [0.05, 0.1) is 4.75 Å². The second-order valence-electron chi connectivity index (χ2n) is 6.63. The number of hydrogen-bond donors (Lipinski definition) is 5. The van der Waals surface area contributed by atoms with Gasteiger partial charge in [0.2, 0.25) is 11.8 Å². The second kappa shape index (κ2) is 10.9. The van der Waals surface area contributed by atoms with E-state index >= 15 is 0 Å². The Bertz CT molecular complexity index is 610. The Balaban J connectivity index is 2.97. The van der Waals surface area contributed by atoms with Gasteiger partial charge in [-0.25, -0.2) is 0 Å². The first-order chi connectivity index (χ1) is 13.1. The minimum atomic E-state index is -1.26. The van der Waals surface area contributed by atoms with Gasteiger partial charge in [-0.2, -0.15) is 0 Å². The van der Waals surface area contributed by atoms with Crippen LogP contribution in [0.5, 0.6) is 0 Å². The van der Waals surface area contributed by atoms with Crippen LogP contribution in [0.4, 0.5) is 0 Å². The summed E-state index contributed by atoms with van der Waals surface area (Å²) in [6.07, 6.45) is 0.338. The van der Waals surface area contributed by atoms with Crippen LogP contribution in [0.15, 0.2) is 4.58 Å². The summed E-state index contributed by atoms with van der Waals surface area (Å²) in [7, 11) is 1.87. The maximum atomic E-state index is 12.6. The van der Waals surface area contributed by atoms with Crippen molar-refractivity contribution in [3.63, 3.8) is 0 Å². The van der Waals surface area contributed by atoms with Crippen molar-refractivity contribution < 1.29 is 29.4 Å². The van der Waals surface area contributed by atoms with Gasteiger partial charge in [0.1, 0.15) is 18.6 Å². The van der Waals surface area contributed by atoms with Crippen molar-refractivity contribution in [2.75, 3.05) is 26.7 Å². The van der Waals surface area contributed by atoms with Crippen molar-refractivity contribution in [3.05, 3.63) is 4.91 Å². The molecule has 0 aromatic rings. The van der Waals surface area contributed by atoms with E-state index in [-0.39, 0.29) is 12.8 Å². The van der Waals surface area contributed by atoms with E-state index in [1.54, 1.807) is 0 Å². The van der Waals surface area contributed by atoms with Crippen LogP contribution < -0.4 is 16.4 Å². The van der Waals surface area contributed by atoms with Crippen LogP contribution in [0.25, 0.3) is 0 Å². The Kier molecular flexibility index (Phi) is 9.28. The molecule has 1 fully saturated rings. The van der Waals surface area contributed by atoms with Crippen LogP contribution in [0.2, 0.25) is 0 Å². The lowest BCUT2D eigenvalue weighted by Gasteiger charge is -2.42. The fourth-order valence-electron chi connectivity index (χ4n) is 2.85. The molecular formula is C15H25N5O7S. The summed E-state index contributed by atoms with van der Waals surface area (Å²) >= 11 is 0.645. The number of amides is 2. The van der Waals surface area contributed by atoms with Gasteiger partial charge in [0, 0.05) is 23.0 Å². The van der Waals surface area contributed by atoms with Crippen LogP contribution in [0, 0.1) is 4.91 Å². The van der Waals surface area contributed by atoms with Crippen LogP contribution >= 0.6 is 11.9 Å². The lowest BCUT2D eigenvalue weighted by atomic mass is 9.87. The normalized spacial score (nSPS) is 18.5. The van der Waals surface area contributed by atoms with Crippen molar-refractivity contribution in [2.45, 2.75) is 42.5 Å². The van der Waals surface area contributed by atoms with Gasteiger partial charge < -0.3 is 31.5 Å². The molecule has 1 aliphatic rings. The average Bonchev–Trinajstić information content (AvgIpc) is 2.64. The third-order valence-corrected chi connectivity index (χ3v) is 5.64. The van der Waals surface area contributed by atoms with Crippen molar-refractivity contribution >= 4 is 35.7 Å². The van der Waals surface area contributed by atoms with Gasteiger partial charge >= 0.3 is 11.9 Å². The number of piperidine rings is 1. The standard InChI is InChI=1S/C15H25N5O7S/c1-20-6-4-15(5-7-20,28-19-27)12(13(24)17-8-11(22)23)18-10(21)3-2-9(16)14(25)26/h9,12H,2-8,16H2,1H3,(H,17,24)(H,18,21)(H,22,23)(H,25,26)/t9-,12?/m0/s1. The van der Waals surface area contributed by atoms with Crippen LogP contribution in [0.1, 0.15) is 25.7 Å². The van der Waals surface area contributed by atoms with Crippen molar-refractivity contribution in [1.82, 2.24) is 15.5 Å². The zero-order valence-electron chi connectivity index (χ0n) is 15.4. The number of hydrogen-bond acceptors (Lipinski definition) is 9. The molecular weight excluding hydrogens is 394 g/mol. The Morgan fingerprint density at radius 3 is 2.36 bits per heavy atom. The predicted molar refractivity (Wildman–Crippen MR) is 100 cm³/mol. The maximum Gasteiger partial charge on any atom is 0.322 e. The highest BCUT2D eigenvalue weighted by molar-refractivity contribution is 7.99. The molecule has 1 heterocycles. The van der Waals surface area contributed by atoms with Gasteiger partial charge in [0.15, 0.2) is 0 Å². The molecule has 0 radical (unpaired) electrons. The summed E-state index contributed by atoms with van der Waals surface area (Å²) in [4.78, 5) is 59.4. The van der Waals surface area contributed by atoms with Crippen molar-refractivity contribution in [1.29, 1.82) is 0 Å². The van der Waals surface area contributed by atoms with Crippen LogP contribution in [-0.2, 0) is 19.2 Å². The molecule has 28 heavy (non-hydrogen) atoms.